The van der Waals surface area contributed by atoms with E-state index in [0.29, 0.717) is 34.9 Å². The van der Waals surface area contributed by atoms with Gasteiger partial charge in [0.15, 0.2) is 22.9 Å². The van der Waals surface area contributed by atoms with Crippen LogP contribution in [0.1, 0.15) is 35.7 Å². The maximum Gasteiger partial charge on any atom is 0.264 e. The third-order valence-electron chi connectivity index (χ3n) is 4.85. The van der Waals surface area contributed by atoms with Crippen LogP contribution in [0.25, 0.3) is 0 Å². The predicted molar refractivity (Wildman–Crippen MR) is 102 cm³/mol. The Morgan fingerprint density at radius 3 is 2.78 bits per heavy atom. The molecule has 1 amide bonds. The Morgan fingerprint density at radius 2 is 2.00 bits per heavy atom. The molecule has 2 aromatic rings. The van der Waals surface area contributed by atoms with Gasteiger partial charge in [-0.05, 0) is 42.8 Å². The number of hydrogen-bond acceptors (Lipinski definition) is 5. The van der Waals surface area contributed by atoms with Crippen molar-refractivity contribution in [3.8, 4) is 11.5 Å². The number of amides is 1. The second-order valence-electron chi connectivity index (χ2n) is 6.65. The van der Waals surface area contributed by atoms with Crippen LogP contribution in [-0.2, 0) is 10.4 Å². The van der Waals surface area contributed by atoms with Crippen molar-refractivity contribution >= 4 is 33.3 Å². The van der Waals surface area contributed by atoms with Gasteiger partial charge in [0.1, 0.15) is 0 Å². The predicted octanol–water partition coefficient (Wildman–Crippen LogP) is 3.40. The standard InChI is InChI=1S/C20H18BrNO5/c1-2-7-22-15-5-4-13(21)9-14(15)20(25,19(22)24)10-16(23)12-3-6-17-18(8-12)27-11-26-17/h3-6,8-9,25H,2,7,10-11H2,1H3/t20-/m0/s1. The summed E-state index contributed by atoms with van der Waals surface area (Å²) >= 11 is 3.38. The van der Waals surface area contributed by atoms with E-state index in [-0.39, 0.29) is 19.0 Å². The van der Waals surface area contributed by atoms with Crippen LogP contribution >= 0.6 is 15.9 Å². The van der Waals surface area contributed by atoms with Crippen molar-refractivity contribution in [2.75, 3.05) is 18.2 Å². The fourth-order valence-corrected chi connectivity index (χ4v) is 3.90. The number of ether oxygens (including phenoxy) is 2. The molecule has 6 nitrogen and oxygen atoms in total. The molecule has 0 saturated heterocycles. The zero-order valence-corrected chi connectivity index (χ0v) is 16.3. The fourth-order valence-electron chi connectivity index (χ4n) is 3.54. The number of carbonyl (C=O) groups is 2. The lowest BCUT2D eigenvalue weighted by Gasteiger charge is -2.22. The van der Waals surface area contributed by atoms with E-state index in [4.69, 9.17) is 9.47 Å². The third kappa shape index (κ3) is 2.91. The van der Waals surface area contributed by atoms with Crippen LogP contribution in [0.5, 0.6) is 11.5 Å². The summed E-state index contributed by atoms with van der Waals surface area (Å²) in [5, 5.41) is 11.3. The van der Waals surface area contributed by atoms with E-state index in [1.165, 1.54) is 0 Å². The number of ketones is 1. The minimum absolute atomic E-state index is 0.114. The molecule has 1 atom stereocenters. The van der Waals surface area contributed by atoms with E-state index in [2.05, 4.69) is 15.9 Å². The van der Waals surface area contributed by atoms with Gasteiger partial charge >= 0.3 is 0 Å². The van der Waals surface area contributed by atoms with Crippen molar-refractivity contribution in [1.82, 2.24) is 0 Å². The molecule has 1 N–H and O–H groups in total. The maximum atomic E-state index is 13.0. The van der Waals surface area contributed by atoms with Gasteiger partial charge < -0.3 is 19.5 Å². The molecular formula is C20H18BrNO5. The van der Waals surface area contributed by atoms with Gasteiger partial charge in [0.2, 0.25) is 6.79 Å². The van der Waals surface area contributed by atoms with Crippen molar-refractivity contribution in [3.05, 3.63) is 52.0 Å². The minimum atomic E-state index is -1.89. The summed E-state index contributed by atoms with van der Waals surface area (Å²) in [4.78, 5) is 27.4. The van der Waals surface area contributed by atoms with Gasteiger partial charge in [-0.3, -0.25) is 9.59 Å². The SMILES string of the molecule is CCCN1C(=O)[C@](O)(CC(=O)c2ccc3c(c2)OCO3)c2cc(Br)ccc21. The molecule has 2 aliphatic rings. The van der Waals surface area contributed by atoms with Crippen molar-refractivity contribution < 1.29 is 24.2 Å². The number of hydrogen-bond donors (Lipinski definition) is 1. The van der Waals surface area contributed by atoms with Gasteiger partial charge in [0.05, 0.1) is 12.1 Å². The molecule has 7 heteroatoms. The van der Waals surface area contributed by atoms with Crippen LogP contribution in [0.3, 0.4) is 0 Å². The minimum Gasteiger partial charge on any atom is -0.454 e. The molecule has 0 unspecified atom stereocenters. The molecule has 4 rings (SSSR count). The van der Waals surface area contributed by atoms with Crippen LogP contribution in [0.15, 0.2) is 40.9 Å². The van der Waals surface area contributed by atoms with Crippen LogP contribution in [0, 0.1) is 0 Å². The average Bonchev–Trinajstić information content (AvgIpc) is 3.19. The second kappa shape index (κ2) is 6.65. The first-order valence-corrected chi connectivity index (χ1v) is 9.50. The molecule has 2 heterocycles. The zero-order chi connectivity index (χ0) is 19.2. The Hall–Kier alpha value is -2.38. The molecule has 0 bridgehead atoms. The normalized spacial score (nSPS) is 20.1. The molecule has 0 fully saturated rings. The second-order valence-corrected chi connectivity index (χ2v) is 7.56. The summed E-state index contributed by atoms with van der Waals surface area (Å²) in [6.07, 6.45) is 0.405. The lowest BCUT2D eigenvalue weighted by atomic mass is 9.88. The van der Waals surface area contributed by atoms with E-state index in [1.807, 2.05) is 13.0 Å². The first kappa shape index (κ1) is 18.0. The molecule has 0 aromatic heterocycles. The lowest BCUT2D eigenvalue weighted by Crippen LogP contribution is -2.42. The average molecular weight is 432 g/mol. The highest BCUT2D eigenvalue weighted by Gasteiger charge is 2.50. The molecule has 0 spiro atoms. The van der Waals surface area contributed by atoms with Crippen molar-refractivity contribution in [2.24, 2.45) is 0 Å². The van der Waals surface area contributed by atoms with Crippen molar-refractivity contribution in [3.63, 3.8) is 0 Å². The number of aliphatic hydroxyl groups is 1. The van der Waals surface area contributed by atoms with Crippen LogP contribution in [-0.4, -0.2) is 30.1 Å². The smallest absolute Gasteiger partial charge is 0.264 e. The number of carbonyl (C=O) groups excluding carboxylic acids is 2. The maximum absolute atomic E-state index is 13.0. The van der Waals surface area contributed by atoms with Gasteiger partial charge in [-0.2, -0.15) is 0 Å². The van der Waals surface area contributed by atoms with E-state index >= 15 is 0 Å². The molecule has 2 aliphatic heterocycles. The van der Waals surface area contributed by atoms with Crippen molar-refractivity contribution in [2.45, 2.75) is 25.4 Å². The summed E-state index contributed by atoms with van der Waals surface area (Å²) in [6, 6.07) is 10.2. The molecule has 0 aliphatic carbocycles. The molecular weight excluding hydrogens is 414 g/mol. The van der Waals surface area contributed by atoms with Crippen molar-refractivity contribution in [1.29, 1.82) is 0 Å². The summed E-state index contributed by atoms with van der Waals surface area (Å²) in [7, 11) is 0. The number of rotatable bonds is 5. The number of nitrogens with zero attached hydrogens (tertiary/aromatic N) is 1. The number of benzene rings is 2. The van der Waals surface area contributed by atoms with E-state index < -0.39 is 11.5 Å². The molecule has 0 saturated carbocycles. The Labute approximate surface area is 164 Å². The van der Waals surface area contributed by atoms with Gasteiger partial charge in [-0.25, -0.2) is 0 Å². The zero-order valence-electron chi connectivity index (χ0n) is 14.7. The summed E-state index contributed by atoms with van der Waals surface area (Å²) in [5.74, 6) is 0.256. The van der Waals surface area contributed by atoms with Gasteiger partial charge in [0.25, 0.3) is 5.91 Å². The Kier molecular flexibility index (Phi) is 4.44. The summed E-state index contributed by atoms with van der Waals surface area (Å²) in [6.45, 7) is 2.55. The quantitative estimate of drug-likeness (QED) is 0.734. The first-order chi connectivity index (χ1) is 12.9. The highest BCUT2D eigenvalue weighted by atomic mass is 79.9. The first-order valence-electron chi connectivity index (χ1n) is 8.71. The molecule has 140 valence electrons. The van der Waals surface area contributed by atoms with E-state index in [0.717, 1.165) is 10.9 Å². The lowest BCUT2D eigenvalue weighted by molar-refractivity contribution is -0.135. The van der Waals surface area contributed by atoms with Gasteiger partial charge in [-0.15, -0.1) is 0 Å². The van der Waals surface area contributed by atoms with E-state index in [9.17, 15) is 14.7 Å². The van der Waals surface area contributed by atoms with Gasteiger partial charge in [0, 0.05) is 22.1 Å². The highest BCUT2D eigenvalue weighted by Crippen LogP contribution is 2.44. The van der Waals surface area contributed by atoms with Crippen LogP contribution in [0.2, 0.25) is 0 Å². The molecule has 27 heavy (non-hydrogen) atoms. The third-order valence-corrected chi connectivity index (χ3v) is 5.35. The Morgan fingerprint density at radius 1 is 1.22 bits per heavy atom. The van der Waals surface area contributed by atoms with Crippen LogP contribution in [0.4, 0.5) is 5.69 Å². The Bertz CT molecular complexity index is 944. The highest BCUT2D eigenvalue weighted by molar-refractivity contribution is 9.10. The van der Waals surface area contributed by atoms with Gasteiger partial charge in [-0.1, -0.05) is 22.9 Å². The number of anilines is 1. The fraction of sp³-hybridized carbons (Fsp3) is 0.300. The topological polar surface area (TPSA) is 76.1 Å². The molecule has 2 aromatic carbocycles. The summed E-state index contributed by atoms with van der Waals surface area (Å²) < 4.78 is 11.3. The van der Waals surface area contributed by atoms with Crippen LogP contribution < -0.4 is 14.4 Å². The largest absolute Gasteiger partial charge is 0.454 e. The summed E-state index contributed by atoms with van der Waals surface area (Å²) in [5.41, 5.74) is -0.428. The number of Topliss-reactive ketones (excluding diaryl/α,β-unsaturated/α-hetero) is 1. The van der Waals surface area contributed by atoms with E-state index in [1.54, 1.807) is 35.2 Å². The molecule has 0 radical (unpaired) electrons. The monoisotopic (exact) mass is 431 g/mol. The Balaban J connectivity index is 1.69. The number of fused-ring (bicyclic) bond motifs is 2. The number of halogens is 1.